The minimum absolute atomic E-state index is 0.0833. The number of hydrogen-bond acceptors (Lipinski definition) is 7. The molecule has 0 aliphatic heterocycles. The van der Waals surface area contributed by atoms with Gasteiger partial charge in [-0.15, -0.1) is 0 Å². The molecule has 0 radical (unpaired) electrons. The van der Waals surface area contributed by atoms with E-state index < -0.39 is 0 Å². The normalized spacial score (nSPS) is 20.7. The van der Waals surface area contributed by atoms with Crippen molar-refractivity contribution in [1.82, 2.24) is 29.9 Å². The maximum absolute atomic E-state index is 6.95. The van der Waals surface area contributed by atoms with E-state index in [1.54, 1.807) is 6.33 Å². The highest BCUT2D eigenvalue weighted by Crippen LogP contribution is 2.54. The smallest absolute Gasteiger partial charge is 0.115 e. The summed E-state index contributed by atoms with van der Waals surface area (Å²) in [6.07, 6.45) is 31.5. The van der Waals surface area contributed by atoms with E-state index in [0.29, 0.717) is 23.7 Å². The number of hydrogen-bond donors (Lipinski definition) is 1. The van der Waals surface area contributed by atoms with E-state index in [-0.39, 0.29) is 23.7 Å². The second-order valence-electron chi connectivity index (χ2n) is 20.8. The van der Waals surface area contributed by atoms with Gasteiger partial charge in [0.05, 0.1) is 11.4 Å². The van der Waals surface area contributed by atoms with Gasteiger partial charge in [0.25, 0.3) is 0 Å². The van der Waals surface area contributed by atoms with E-state index in [9.17, 15) is 0 Å². The van der Waals surface area contributed by atoms with Gasteiger partial charge < -0.3 is 5.73 Å². The third-order valence-corrected chi connectivity index (χ3v) is 16.5. The van der Waals surface area contributed by atoms with E-state index in [1.165, 1.54) is 64.8 Å². The van der Waals surface area contributed by atoms with Crippen LogP contribution in [0.3, 0.4) is 0 Å². The molecule has 7 unspecified atom stereocenters. The Balaban J connectivity index is 0.922. The molecule has 73 heavy (non-hydrogen) atoms. The average Bonchev–Trinajstić information content (AvgIpc) is 4.29. The second kappa shape index (κ2) is 22.4. The number of aromatic nitrogens is 6. The van der Waals surface area contributed by atoms with E-state index in [4.69, 9.17) is 27.3 Å². The second-order valence-corrected chi connectivity index (χ2v) is 20.8. The molecule has 7 nitrogen and oxygen atoms in total. The molecule has 3 aliphatic carbocycles. The molecule has 5 heterocycles. The Morgan fingerprint density at radius 1 is 0.507 bits per heavy atom. The van der Waals surface area contributed by atoms with Crippen LogP contribution in [0.4, 0.5) is 0 Å². The zero-order valence-corrected chi connectivity index (χ0v) is 41.7. The largest absolute Gasteiger partial charge is 0.398 e. The number of nitrogens with zero attached hydrogens (tertiary/aromatic N) is 6. The Labute approximate surface area is 431 Å². The van der Waals surface area contributed by atoms with Crippen LogP contribution < -0.4 is 5.73 Å². The van der Waals surface area contributed by atoms with Crippen molar-refractivity contribution in [2.45, 2.75) is 87.9 Å². The molecule has 3 aromatic carbocycles. The van der Waals surface area contributed by atoms with Crippen molar-refractivity contribution in [3.63, 3.8) is 0 Å². The van der Waals surface area contributed by atoms with E-state index in [2.05, 4.69) is 167 Å². The summed E-state index contributed by atoms with van der Waals surface area (Å²) in [5.74, 6) is 2.26. The molecular formula is C66H65N7. The van der Waals surface area contributed by atoms with Crippen LogP contribution in [0.25, 0.3) is 28.2 Å². The molecule has 0 saturated heterocycles. The lowest BCUT2D eigenvalue weighted by Gasteiger charge is -2.31. The Morgan fingerprint density at radius 2 is 1.14 bits per heavy atom. The minimum atomic E-state index is 0.0833. The van der Waals surface area contributed by atoms with Gasteiger partial charge in [-0.3, -0.25) is 19.9 Å². The number of nitrogens with two attached hydrogens (primary N) is 1. The van der Waals surface area contributed by atoms with Gasteiger partial charge in [0.2, 0.25) is 0 Å². The summed E-state index contributed by atoms with van der Waals surface area (Å²) in [6, 6.07) is 49.2. The van der Waals surface area contributed by atoms with Crippen molar-refractivity contribution < 1.29 is 0 Å². The fourth-order valence-corrected chi connectivity index (χ4v) is 13.0. The fourth-order valence-electron chi connectivity index (χ4n) is 13.0. The van der Waals surface area contributed by atoms with Gasteiger partial charge in [0, 0.05) is 89.6 Å². The first kappa shape index (κ1) is 47.7. The number of rotatable bonds is 16. The van der Waals surface area contributed by atoms with Gasteiger partial charge in [-0.2, -0.15) is 0 Å². The molecule has 0 spiro atoms. The van der Waals surface area contributed by atoms with Crippen LogP contribution in [0.1, 0.15) is 127 Å². The van der Waals surface area contributed by atoms with Gasteiger partial charge >= 0.3 is 0 Å². The monoisotopic (exact) mass is 956 g/mol. The summed E-state index contributed by atoms with van der Waals surface area (Å²) in [7, 11) is 0. The molecule has 2 N–H and O–H groups in total. The zero-order chi connectivity index (χ0) is 49.3. The van der Waals surface area contributed by atoms with Crippen molar-refractivity contribution in [2.75, 3.05) is 0 Å². The summed E-state index contributed by atoms with van der Waals surface area (Å²) in [5.41, 5.74) is 22.9. The van der Waals surface area contributed by atoms with Crippen LogP contribution >= 0.6 is 0 Å². The quantitative estimate of drug-likeness (QED) is 0.0962. The lowest BCUT2D eigenvalue weighted by molar-refractivity contribution is 0.449. The molecule has 0 amide bonds. The van der Waals surface area contributed by atoms with Crippen LogP contribution in [0.15, 0.2) is 219 Å². The van der Waals surface area contributed by atoms with Gasteiger partial charge in [-0.25, -0.2) is 9.97 Å². The van der Waals surface area contributed by atoms with Gasteiger partial charge in [-0.1, -0.05) is 135 Å². The molecule has 3 fully saturated rings. The van der Waals surface area contributed by atoms with Crippen molar-refractivity contribution in [2.24, 2.45) is 29.4 Å². The molecular weight excluding hydrogens is 891 g/mol. The number of benzene rings is 3. The molecule has 11 rings (SSSR count). The first-order valence-corrected chi connectivity index (χ1v) is 26.6. The number of pyridine rings is 4. The summed E-state index contributed by atoms with van der Waals surface area (Å²) in [6.45, 7) is 5.10. The van der Waals surface area contributed by atoms with Gasteiger partial charge in [0.15, 0.2) is 0 Å². The zero-order valence-electron chi connectivity index (χ0n) is 41.7. The topological polar surface area (TPSA) is 103 Å². The highest BCUT2D eigenvalue weighted by molar-refractivity contribution is 5.65. The molecule has 7 heteroatoms. The molecule has 5 aromatic heterocycles. The third-order valence-electron chi connectivity index (χ3n) is 16.5. The summed E-state index contributed by atoms with van der Waals surface area (Å²) in [5, 5.41) is 0. The van der Waals surface area contributed by atoms with Crippen molar-refractivity contribution in [1.29, 1.82) is 0 Å². The van der Waals surface area contributed by atoms with Crippen molar-refractivity contribution >= 4 is 5.70 Å². The van der Waals surface area contributed by atoms with E-state index >= 15 is 0 Å². The molecule has 364 valence electrons. The van der Waals surface area contributed by atoms with Crippen molar-refractivity contribution in [3.05, 3.63) is 258 Å². The van der Waals surface area contributed by atoms with E-state index in [1.807, 2.05) is 43.1 Å². The van der Waals surface area contributed by atoms with Crippen LogP contribution in [-0.4, -0.2) is 29.9 Å². The maximum atomic E-state index is 6.95. The lowest BCUT2D eigenvalue weighted by Crippen LogP contribution is -2.19. The summed E-state index contributed by atoms with van der Waals surface area (Å²) < 4.78 is 0. The Bertz CT molecular complexity index is 3120. The lowest BCUT2D eigenvalue weighted by atomic mass is 9.73. The average molecular weight is 956 g/mol. The maximum Gasteiger partial charge on any atom is 0.115 e. The standard InChI is InChI=1S/C66H65N7/c1-45(51-23-24-52(38-51)63(57-40-69-44-70-41-57)55-27-31-61(72-42-55)47-16-7-3-8-17-47)58(29-30-60(67)46-14-5-2-6-15-46)64(50-33-36-68-37-34-50)53-25-26-54(39-53)66-59(22-13-35-71-66)65(49-20-11-12-21-49)56-28-32-62(73-43-56)48-18-9-4-10-19-48/h2-10,13-19,22,27-37,40-44,49,51-54,63-65H,1,11-12,20-21,23-26,38-39,67H2/b58-29+,60-30-. The first-order valence-electron chi connectivity index (χ1n) is 26.6. The van der Waals surface area contributed by atoms with Gasteiger partial charge in [-0.05, 0) is 156 Å². The van der Waals surface area contributed by atoms with Crippen LogP contribution in [-0.2, 0) is 0 Å². The highest BCUT2D eigenvalue weighted by Gasteiger charge is 2.41. The fraction of sp³-hybridized carbons (Fsp3) is 0.273. The van der Waals surface area contributed by atoms with Crippen LogP contribution in [0.2, 0.25) is 0 Å². The van der Waals surface area contributed by atoms with Crippen LogP contribution in [0, 0.1) is 23.7 Å². The summed E-state index contributed by atoms with van der Waals surface area (Å²) in [4.78, 5) is 29.0. The molecule has 8 aromatic rings. The minimum Gasteiger partial charge on any atom is -0.398 e. The Kier molecular flexibility index (Phi) is 14.6. The predicted molar refractivity (Wildman–Crippen MR) is 295 cm³/mol. The van der Waals surface area contributed by atoms with Crippen molar-refractivity contribution in [3.8, 4) is 22.5 Å². The molecule has 3 saturated carbocycles. The van der Waals surface area contributed by atoms with Crippen LogP contribution in [0.5, 0.6) is 0 Å². The summed E-state index contributed by atoms with van der Waals surface area (Å²) >= 11 is 0. The number of allylic oxidation sites excluding steroid dienone is 4. The highest BCUT2D eigenvalue weighted by atomic mass is 14.8. The first-order chi connectivity index (χ1) is 36.1. The molecule has 3 aliphatic rings. The molecule has 0 bridgehead atoms. The third kappa shape index (κ3) is 10.6. The Hall–Kier alpha value is -7.64. The predicted octanol–water partition coefficient (Wildman–Crippen LogP) is 15.1. The van der Waals surface area contributed by atoms with Gasteiger partial charge in [0.1, 0.15) is 6.33 Å². The SMILES string of the molecule is C=C(/C(=C\C=C(/N)c1ccccc1)C(c1ccncc1)C1CCC(c2ncccc2C(c2ccc(-c3ccccc3)nc2)C2CCCC2)C1)C1CCC(C(c2cncnc2)c2ccc(-c3ccccc3)nc2)C1. The molecule has 7 atom stereocenters. The Morgan fingerprint density at radius 3 is 1.78 bits per heavy atom. The van der Waals surface area contributed by atoms with E-state index in [0.717, 1.165) is 77.9 Å².